The first-order chi connectivity index (χ1) is 13.6. The van der Waals surface area contributed by atoms with Gasteiger partial charge in [-0.2, -0.15) is 4.98 Å². The first kappa shape index (κ1) is 23.3. The van der Waals surface area contributed by atoms with E-state index in [9.17, 15) is 4.79 Å². The average molecular weight is 456 g/mol. The molecule has 2 bridgehead atoms. The van der Waals surface area contributed by atoms with Crippen molar-refractivity contribution in [2.45, 2.75) is 64.1 Å². The zero-order chi connectivity index (χ0) is 19.3. The molecular formula is C21H31Cl2N5O2. The second-order valence-electron chi connectivity index (χ2n) is 8.93. The van der Waals surface area contributed by atoms with Crippen LogP contribution in [0.1, 0.15) is 74.0 Å². The van der Waals surface area contributed by atoms with Gasteiger partial charge in [0, 0.05) is 42.7 Å². The summed E-state index contributed by atoms with van der Waals surface area (Å²) in [6.45, 7) is 8.60. The van der Waals surface area contributed by atoms with Gasteiger partial charge in [0.1, 0.15) is 0 Å². The molecule has 0 aliphatic carbocycles. The summed E-state index contributed by atoms with van der Waals surface area (Å²) in [5.74, 6) is 2.76. The quantitative estimate of drug-likeness (QED) is 0.762. The topological polar surface area (TPSA) is 76.2 Å². The molecule has 2 aromatic rings. The third kappa shape index (κ3) is 4.17. The van der Waals surface area contributed by atoms with Gasteiger partial charge in [-0.15, -0.1) is 24.8 Å². The van der Waals surface area contributed by atoms with E-state index in [-0.39, 0.29) is 42.3 Å². The Morgan fingerprint density at radius 2 is 2.10 bits per heavy atom. The summed E-state index contributed by atoms with van der Waals surface area (Å²) < 4.78 is 7.60. The highest BCUT2D eigenvalue weighted by Gasteiger charge is 2.34. The molecule has 2 aromatic heterocycles. The van der Waals surface area contributed by atoms with Gasteiger partial charge in [0.2, 0.25) is 5.89 Å². The Bertz CT molecular complexity index is 928. The van der Waals surface area contributed by atoms with E-state index in [1.54, 1.807) is 0 Å². The van der Waals surface area contributed by atoms with Gasteiger partial charge in [0.25, 0.3) is 5.56 Å². The molecule has 3 aliphatic heterocycles. The number of hydrogen-bond acceptors (Lipinski definition) is 6. The summed E-state index contributed by atoms with van der Waals surface area (Å²) in [6.07, 6.45) is 3.29. The molecule has 9 heteroatoms. The average Bonchev–Trinajstić information content (AvgIpc) is 3.34. The maximum atomic E-state index is 13.2. The van der Waals surface area contributed by atoms with E-state index in [1.165, 1.54) is 12.1 Å². The molecule has 3 aliphatic rings. The van der Waals surface area contributed by atoms with Gasteiger partial charge in [0.15, 0.2) is 5.82 Å². The van der Waals surface area contributed by atoms with Crippen LogP contribution < -0.4 is 10.9 Å². The molecule has 5 rings (SSSR count). The minimum atomic E-state index is 0. The van der Waals surface area contributed by atoms with Crippen LogP contribution in [0.5, 0.6) is 0 Å². The smallest absolute Gasteiger partial charge is 0.255 e. The van der Waals surface area contributed by atoms with E-state index >= 15 is 0 Å². The van der Waals surface area contributed by atoms with Crippen molar-refractivity contribution in [3.05, 3.63) is 45.5 Å². The number of rotatable bonds is 4. The fourth-order valence-electron chi connectivity index (χ4n) is 5.09. The molecule has 2 saturated heterocycles. The number of nitrogens with zero attached hydrogens (tertiary/aromatic N) is 4. The second kappa shape index (κ2) is 9.39. The summed E-state index contributed by atoms with van der Waals surface area (Å²) in [7, 11) is 0. The molecule has 0 amide bonds. The molecule has 0 aromatic carbocycles. The van der Waals surface area contributed by atoms with Crippen LogP contribution in [0.25, 0.3) is 0 Å². The maximum Gasteiger partial charge on any atom is 0.255 e. The molecule has 166 valence electrons. The summed E-state index contributed by atoms with van der Waals surface area (Å²) >= 11 is 0. The van der Waals surface area contributed by atoms with Crippen LogP contribution >= 0.6 is 24.8 Å². The van der Waals surface area contributed by atoms with Crippen molar-refractivity contribution >= 4 is 24.8 Å². The molecule has 3 atom stereocenters. The summed E-state index contributed by atoms with van der Waals surface area (Å²) in [5, 5.41) is 7.63. The third-order valence-corrected chi connectivity index (χ3v) is 6.58. The Morgan fingerprint density at radius 3 is 2.87 bits per heavy atom. The van der Waals surface area contributed by atoms with Gasteiger partial charge < -0.3 is 14.4 Å². The molecule has 0 radical (unpaired) electrons. The van der Waals surface area contributed by atoms with E-state index < -0.39 is 0 Å². The minimum absolute atomic E-state index is 0. The van der Waals surface area contributed by atoms with Crippen LogP contribution in [-0.4, -0.2) is 39.2 Å². The predicted molar refractivity (Wildman–Crippen MR) is 120 cm³/mol. The monoisotopic (exact) mass is 455 g/mol. The first-order valence-electron chi connectivity index (χ1n) is 10.6. The van der Waals surface area contributed by atoms with Crippen molar-refractivity contribution in [1.82, 2.24) is 24.9 Å². The number of fused-ring (bicyclic) bond motifs is 4. The first-order valence-corrected chi connectivity index (χ1v) is 10.6. The molecule has 7 nitrogen and oxygen atoms in total. The lowest BCUT2D eigenvalue weighted by Gasteiger charge is -2.37. The lowest BCUT2D eigenvalue weighted by molar-refractivity contribution is 0.198. The zero-order valence-corrected chi connectivity index (χ0v) is 19.2. The Morgan fingerprint density at radius 1 is 1.27 bits per heavy atom. The second-order valence-corrected chi connectivity index (χ2v) is 8.93. The highest BCUT2D eigenvalue weighted by atomic mass is 35.5. The summed E-state index contributed by atoms with van der Waals surface area (Å²) in [6, 6.07) is 4.34. The van der Waals surface area contributed by atoms with Crippen LogP contribution in [0, 0.1) is 5.92 Å². The predicted octanol–water partition coefficient (Wildman–Crippen LogP) is 3.24. The fourth-order valence-corrected chi connectivity index (χ4v) is 5.09. The summed E-state index contributed by atoms with van der Waals surface area (Å²) in [4.78, 5) is 20.2. The van der Waals surface area contributed by atoms with E-state index in [0.717, 1.165) is 50.4 Å². The van der Waals surface area contributed by atoms with E-state index in [1.807, 2.05) is 10.6 Å². The third-order valence-electron chi connectivity index (χ3n) is 6.58. The SMILES string of the molecule is CC(C)c1noc([C@@H]2CCCN2Cc2ccc3n(c2=O)C[C@@H]2CNC[C@H]3C2)n1.Cl.Cl. The van der Waals surface area contributed by atoms with Crippen LogP contribution in [0.15, 0.2) is 21.5 Å². The zero-order valence-electron chi connectivity index (χ0n) is 17.5. The van der Waals surface area contributed by atoms with Crippen molar-refractivity contribution in [2.75, 3.05) is 19.6 Å². The van der Waals surface area contributed by atoms with E-state index in [4.69, 9.17) is 4.52 Å². The Balaban J connectivity index is 0.00000128. The van der Waals surface area contributed by atoms with Crippen molar-refractivity contribution in [2.24, 2.45) is 5.92 Å². The number of nitrogens with one attached hydrogen (secondary N) is 1. The lowest BCUT2D eigenvalue weighted by Crippen LogP contribution is -2.45. The lowest BCUT2D eigenvalue weighted by atomic mass is 9.84. The molecule has 1 N–H and O–H groups in total. The molecular weight excluding hydrogens is 425 g/mol. The van der Waals surface area contributed by atoms with Gasteiger partial charge >= 0.3 is 0 Å². The van der Waals surface area contributed by atoms with Gasteiger partial charge in [0.05, 0.1) is 6.04 Å². The van der Waals surface area contributed by atoms with Crippen molar-refractivity contribution in [3.8, 4) is 0 Å². The van der Waals surface area contributed by atoms with E-state index in [2.05, 4.69) is 40.3 Å². The normalized spacial score (nSPS) is 25.5. The standard InChI is InChI=1S/C21H29N5O2.2ClH/c1-13(2)19-23-20(28-24-19)18-4-3-7-25(18)12-15-5-6-17-16-8-14(9-22-10-16)11-26(17)21(15)27;;/h5-6,13-14,16,18,22H,3-4,7-12H2,1-2H3;2*1H/t14-,16+,18-;;/m0../s1. The van der Waals surface area contributed by atoms with Crippen molar-refractivity contribution in [1.29, 1.82) is 0 Å². The van der Waals surface area contributed by atoms with Crippen molar-refractivity contribution < 1.29 is 4.52 Å². The number of aromatic nitrogens is 3. The number of hydrogen-bond donors (Lipinski definition) is 1. The number of halogens is 2. The number of likely N-dealkylation sites (tertiary alicyclic amines) is 1. The number of piperidine rings is 1. The molecule has 30 heavy (non-hydrogen) atoms. The largest absolute Gasteiger partial charge is 0.338 e. The van der Waals surface area contributed by atoms with Crippen LogP contribution in [0.3, 0.4) is 0 Å². The molecule has 0 saturated carbocycles. The van der Waals surface area contributed by atoms with Gasteiger partial charge in [-0.05, 0) is 44.3 Å². The van der Waals surface area contributed by atoms with Gasteiger partial charge in [-0.3, -0.25) is 9.69 Å². The Hall–Kier alpha value is -1.41. The minimum Gasteiger partial charge on any atom is -0.338 e. The summed E-state index contributed by atoms with van der Waals surface area (Å²) in [5.41, 5.74) is 2.27. The van der Waals surface area contributed by atoms with Crippen LogP contribution in [0.2, 0.25) is 0 Å². The van der Waals surface area contributed by atoms with Crippen molar-refractivity contribution in [3.63, 3.8) is 0 Å². The highest BCUT2D eigenvalue weighted by molar-refractivity contribution is 5.85. The Labute approximate surface area is 189 Å². The molecule has 0 spiro atoms. The molecule has 2 fully saturated rings. The Kier molecular flexibility index (Phi) is 7.28. The number of pyridine rings is 1. The highest BCUT2D eigenvalue weighted by Crippen LogP contribution is 2.34. The fraction of sp³-hybridized carbons (Fsp3) is 0.667. The maximum absolute atomic E-state index is 13.2. The molecule has 0 unspecified atom stereocenters. The molecule has 5 heterocycles. The van der Waals surface area contributed by atoms with Gasteiger partial charge in [-0.1, -0.05) is 25.1 Å². The van der Waals surface area contributed by atoms with Gasteiger partial charge in [-0.25, -0.2) is 0 Å². The van der Waals surface area contributed by atoms with Crippen LogP contribution in [0.4, 0.5) is 0 Å². The van der Waals surface area contributed by atoms with E-state index in [0.29, 0.717) is 24.3 Å². The van der Waals surface area contributed by atoms with Crippen LogP contribution in [-0.2, 0) is 13.1 Å².